The van der Waals surface area contributed by atoms with E-state index in [1.807, 2.05) is 36.0 Å². The van der Waals surface area contributed by atoms with E-state index in [1.54, 1.807) is 0 Å². The number of benzene rings is 2. The van der Waals surface area contributed by atoms with Gasteiger partial charge in [-0.05, 0) is 30.3 Å². The van der Waals surface area contributed by atoms with E-state index in [-0.39, 0.29) is 0 Å². The standard InChI is InChI=1S/C17H19NO2S/c1-2-5-14(6-3-1)18-9-12-21-15-7-8-16-17(13-15)20-11-4-10-19-16/h1-3,5-8,13,18H,4,9-12H2. The molecule has 0 fully saturated rings. The van der Waals surface area contributed by atoms with Crippen LogP contribution in [0, 0.1) is 0 Å². The van der Waals surface area contributed by atoms with E-state index in [9.17, 15) is 0 Å². The molecule has 3 rings (SSSR count). The minimum atomic E-state index is 0.733. The average Bonchev–Trinajstić information content (AvgIpc) is 2.77. The number of thioether (sulfide) groups is 1. The predicted octanol–water partition coefficient (Wildman–Crippen LogP) is 4.05. The lowest BCUT2D eigenvalue weighted by Crippen LogP contribution is -2.03. The maximum atomic E-state index is 5.71. The average molecular weight is 301 g/mol. The topological polar surface area (TPSA) is 30.5 Å². The molecule has 0 spiro atoms. The number of nitrogens with one attached hydrogen (secondary N) is 1. The fraction of sp³-hybridized carbons (Fsp3) is 0.294. The van der Waals surface area contributed by atoms with Crippen LogP contribution >= 0.6 is 11.8 Å². The minimum absolute atomic E-state index is 0.733. The third-order valence-electron chi connectivity index (χ3n) is 3.19. The van der Waals surface area contributed by atoms with Crippen LogP contribution < -0.4 is 14.8 Å². The maximum absolute atomic E-state index is 5.71. The van der Waals surface area contributed by atoms with Gasteiger partial charge < -0.3 is 14.8 Å². The number of ether oxygens (including phenoxy) is 2. The van der Waals surface area contributed by atoms with Crippen molar-refractivity contribution in [2.45, 2.75) is 11.3 Å². The third-order valence-corrected chi connectivity index (χ3v) is 4.19. The van der Waals surface area contributed by atoms with E-state index in [4.69, 9.17) is 9.47 Å². The van der Waals surface area contributed by atoms with Crippen molar-refractivity contribution in [2.24, 2.45) is 0 Å². The fourth-order valence-electron chi connectivity index (χ4n) is 2.15. The van der Waals surface area contributed by atoms with Crippen molar-refractivity contribution in [3.05, 3.63) is 48.5 Å². The largest absolute Gasteiger partial charge is 0.490 e. The van der Waals surface area contributed by atoms with Gasteiger partial charge in [-0.25, -0.2) is 0 Å². The molecule has 1 heterocycles. The number of anilines is 1. The first-order chi connectivity index (χ1) is 10.4. The third kappa shape index (κ3) is 4.08. The summed E-state index contributed by atoms with van der Waals surface area (Å²) in [5.41, 5.74) is 1.16. The maximum Gasteiger partial charge on any atom is 0.162 e. The van der Waals surface area contributed by atoms with E-state index >= 15 is 0 Å². The molecule has 21 heavy (non-hydrogen) atoms. The van der Waals surface area contributed by atoms with Gasteiger partial charge in [-0.15, -0.1) is 11.8 Å². The predicted molar refractivity (Wildman–Crippen MR) is 87.7 cm³/mol. The van der Waals surface area contributed by atoms with E-state index in [0.717, 1.165) is 49.1 Å². The highest BCUT2D eigenvalue weighted by atomic mass is 32.2. The summed E-state index contributed by atoms with van der Waals surface area (Å²) in [4.78, 5) is 1.22. The number of rotatable bonds is 5. The molecule has 110 valence electrons. The molecule has 0 radical (unpaired) electrons. The summed E-state index contributed by atoms with van der Waals surface area (Å²) >= 11 is 1.82. The Hall–Kier alpha value is -1.81. The Balaban J connectivity index is 1.50. The molecule has 0 saturated heterocycles. The first-order valence-corrected chi connectivity index (χ1v) is 8.22. The van der Waals surface area contributed by atoms with Crippen molar-refractivity contribution in [2.75, 3.05) is 30.8 Å². The summed E-state index contributed by atoms with van der Waals surface area (Å²) in [6.07, 6.45) is 0.943. The van der Waals surface area contributed by atoms with Crippen molar-refractivity contribution in [1.82, 2.24) is 0 Å². The normalized spacial score (nSPS) is 13.5. The van der Waals surface area contributed by atoms with Crippen LogP contribution in [-0.2, 0) is 0 Å². The van der Waals surface area contributed by atoms with E-state index in [0.29, 0.717) is 0 Å². The Kier molecular flexibility index (Phi) is 4.90. The van der Waals surface area contributed by atoms with E-state index in [2.05, 4.69) is 29.6 Å². The zero-order valence-corrected chi connectivity index (χ0v) is 12.7. The van der Waals surface area contributed by atoms with Crippen molar-refractivity contribution < 1.29 is 9.47 Å². The smallest absolute Gasteiger partial charge is 0.162 e. The van der Waals surface area contributed by atoms with Crippen molar-refractivity contribution >= 4 is 17.4 Å². The lowest BCUT2D eigenvalue weighted by Gasteiger charge is -2.09. The highest BCUT2D eigenvalue weighted by Gasteiger charge is 2.10. The van der Waals surface area contributed by atoms with Crippen LogP contribution in [0.2, 0.25) is 0 Å². The summed E-state index contributed by atoms with van der Waals surface area (Å²) < 4.78 is 11.4. The lowest BCUT2D eigenvalue weighted by atomic mass is 10.3. The van der Waals surface area contributed by atoms with Gasteiger partial charge in [-0.1, -0.05) is 18.2 Å². The number of para-hydroxylation sites is 1. The van der Waals surface area contributed by atoms with Crippen LogP contribution in [0.15, 0.2) is 53.4 Å². The Labute approximate surface area is 129 Å². The quantitative estimate of drug-likeness (QED) is 0.666. The molecule has 0 unspecified atom stereocenters. The van der Waals surface area contributed by atoms with Crippen LogP contribution in [0.1, 0.15) is 6.42 Å². The molecule has 0 aromatic heterocycles. The molecule has 4 heteroatoms. The summed E-state index contributed by atoms with van der Waals surface area (Å²) in [5.74, 6) is 2.74. The van der Waals surface area contributed by atoms with E-state index < -0.39 is 0 Å². The van der Waals surface area contributed by atoms with Gasteiger partial charge in [0.1, 0.15) is 0 Å². The Morgan fingerprint density at radius 2 is 1.76 bits per heavy atom. The van der Waals surface area contributed by atoms with Crippen LogP contribution in [0.3, 0.4) is 0 Å². The second-order valence-corrected chi connectivity index (χ2v) is 5.97. The van der Waals surface area contributed by atoms with E-state index in [1.165, 1.54) is 4.90 Å². The Bertz CT molecular complexity index is 574. The molecule has 1 aliphatic rings. The molecular weight excluding hydrogens is 282 g/mol. The van der Waals surface area contributed by atoms with Crippen molar-refractivity contribution in [3.8, 4) is 11.5 Å². The number of fused-ring (bicyclic) bond motifs is 1. The van der Waals surface area contributed by atoms with Gasteiger partial charge in [0.15, 0.2) is 11.5 Å². The van der Waals surface area contributed by atoms with Crippen LogP contribution in [0.5, 0.6) is 11.5 Å². The van der Waals surface area contributed by atoms with Gasteiger partial charge in [0.25, 0.3) is 0 Å². The number of hydrogen-bond donors (Lipinski definition) is 1. The van der Waals surface area contributed by atoms with Gasteiger partial charge in [0.05, 0.1) is 13.2 Å². The zero-order chi connectivity index (χ0) is 14.3. The zero-order valence-electron chi connectivity index (χ0n) is 11.9. The summed E-state index contributed by atoms with van der Waals surface area (Å²) in [5, 5.41) is 3.41. The lowest BCUT2D eigenvalue weighted by molar-refractivity contribution is 0.297. The summed E-state index contributed by atoms with van der Waals surface area (Å²) in [6, 6.07) is 16.5. The molecule has 2 aromatic carbocycles. The van der Waals surface area contributed by atoms with Crippen LogP contribution in [0.4, 0.5) is 5.69 Å². The van der Waals surface area contributed by atoms with Gasteiger partial charge in [0.2, 0.25) is 0 Å². The monoisotopic (exact) mass is 301 g/mol. The van der Waals surface area contributed by atoms with Crippen molar-refractivity contribution in [3.63, 3.8) is 0 Å². The molecule has 1 N–H and O–H groups in total. The molecular formula is C17H19NO2S. The molecule has 1 aliphatic heterocycles. The van der Waals surface area contributed by atoms with Gasteiger partial charge in [-0.3, -0.25) is 0 Å². The molecule has 0 atom stereocenters. The summed E-state index contributed by atoms with van der Waals surface area (Å²) in [6.45, 7) is 2.40. The van der Waals surface area contributed by atoms with Crippen LogP contribution in [-0.4, -0.2) is 25.5 Å². The van der Waals surface area contributed by atoms with Crippen molar-refractivity contribution in [1.29, 1.82) is 0 Å². The molecule has 0 bridgehead atoms. The Morgan fingerprint density at radius 3 is 2.62 bits per heavy atom. The van der Waals surface area contributed by atoms with Gasteiger partial charge in [-0.2, -0.15) is 0 Å². The fourth-order valence-corrected chi connectivity index (χ4v) is 2.95. The highest BCUT2D eigenvalue weighted by molar-refractivity contribution is 7.99. The molecule has 0 saturated carbocycles. The SMILES string of the molecule is c1ccc(NCCSc2ccc3c(c2)OCCCO3)cc1. The minimum Gasteiger partial charge on any atom is -0.490 e. The molecule has 3 nitrogen and oxygen atoms in total. The second kappa shape index (κ2) is 7.27. The second-order valence-electron chi connectivity index (χ2n) is 4.80. The summed E-state index contributed by atoms with van der Waals surface area (Å²) in [7, 11) is 0. The first kappa shape index (κ1) is 14.1. The highest BCUT2D eigenvalue weighted by Crippen LogP contribution is 2.33. The Morgan fingerprint density at radius 1 is 0.952 bits per heavy atom. The van der Waals surface area contributed by atoms with Gasteiger partial charge in [0, 0.05) is 29.3 Å². The molecule has 0 amide bonds. The van der Waals surface area contributed by atoms with Crippen LogP contribution in [0.25, 0.3) is 0 Å². The van der Waals surface area contributed by atoms with Gasteiger partial charge >= 0.3 is 0 Å². The molecule has 0 aliphatic carbocycles. The number of hydrogen-bond acceptors (Lipinski definition) is 4. The first-order valence-electron chi connectivity index (χ1n) is 7.23. The molecule has 2 aromatic rings.